The van der Waals surface area contributed by atoms with E-state index in [1.54, 1.807) is 0 Å². The van der Waals surface area contributed by atoms with Crippen molar-refractivity contribution in [3.05, 3.63) is 29.3 Å². The summed E-state index contributed by atoms with van der Waals surface area (Å²) in [4.78, 5) is 12.7. The molecule has 0 amide bonds. The number of hydrogen-bond donors (Lipinski definition) is 2. The van der Waals surface area contributed by atoms with Gasteiger partial charge in [0.15, 0.2) is 17.0 Å². The number of fused-ring (bicyclic) bond motifs is 1. The molecule has 0 saturated carbocycles. The van der Waals surface area contributed by atoms with Crippen LogP contribution in [0, 0.1) is 0 Å². The molecule has 3 aromatic rings. The highest BCUT2D eigenvalue weighted by Gasteiger charge is 2.16. The van der Waals surface area contributed by atoms with Gasteiger partial charge in [-0.1, -0.05) is 23.7 Å². The van der Waals surface area contributed by atoms with Gasteiger partial charge in [-0.3, -0.25) is 0 Å². The van der Waals surface area contributed by atoms with Crippen LogP contribution in [0.5, 0.6) is 0 Å². The summed E-state index contributed by atoms with van der Waals surface area (Å²) in [5.74, 6) is 1.17. The number of halogens is 1. The Morgan fingerprint density at radius 3 is 2.70 bits per heavy atom. The van der Waals surface area contributed by atoms with Crippen molar-refractivity contribution in [2.45, 2.75) is 13.5 Å². The molecule has 0 atom stereocenters. The summed E-state index contributed by atoms with van der Waals surface area (Å²) in [6.45, 7) is 2.69. The Morgan fingerprint density at radius 2 is 2.00 bits per heavy atom. The van der Waals surface area contributed by atoms with Crippen molar-refractivity contribution in [2.24, 2.45) is 0 Å². The fourth-order valence-electron chi connectivity index (χ4n) is 2.19. The third-order valence-electron chi connectivity index (χ3n) is 3.04. The van der Waals surface area contributed by atoms with Gasteiger partial charge in [0.2, 0.25) is 5.95 Å². The van der Waals surface area contributed by atoms with Crippen molar-refractivity contribution in [3.63, 3.8) is 0 Å². The summed E-state index contributed by atoms with van der Waals surface area (Å²) in [5, 5.41) is 0.649. The maximum Gasteiger partial charge on any atom is 0.224 e. The lowest BCUT2D eigenvalue weighted by Gasteiger charge is -2.05. The highest BCUT2D eigenvalue weighted by molar-refractivity contribution is 6.30. The van der Waals surface area contributed by atoms with E-state index in [4.69, 9.17) is 23.1 Å². The molecular weight excluding hydrogens is 276 g/mol. The third kappa shape index (κ3) is 1.94. The molecule has 0 aliphatic carbocycles. The zero-order valence-electron chi connectivity index (χ0n) is 10.8. The van der Waals surface area contributed by atoms with Gasteiger partial charge >= 0.3 is 0 Å². The first-order valence-electron chi connectivity index (χ1n) is 6.15. The molecule has 2 aromatic heterocycles. The molecular formula is C13H13ClN6. The van der Waals surface area contributed by atoms with Crippen LogP contribution in [0.25, 0.3) is 22.6 Å². The number of nitrogen functional groups attached to an aromatic ring is 2. The molecule has 0 aliphatic rings. The summed E-state index contributed by atoms with van der Waals surface area (Å²) in [5.41, 5.74) is 13.6. The summed E-state index contributed by atoms with van der Waals surface area (Å²) >= 11 is 6.04. The number of nitrogens with zero attached hydrogens (tertiary/aromatic N) is 4. The molecule has 0 bridgehead atoms. The highest BCUT2D eigenvalue weighted by Crippen LogP contribution is 2.27. The first-order chi connectivity index (χ1) is 9.60. The van der Waals surface area contributed by atoms with Gasteiger partial charge in [0, 0.05) is 17.1 Å². The minimum Gasteiger partial charge on any atom is -0.382 e. The van der Waals surface area contributed by atoms with Crippen LogP contribution in [-0.4, -0.2) is 19.5 Å². The molecule has 0 aliphatic heterocycles. The molecule has 20 heavy (non-hydrogen) atoms. The van der Waals surface area contributed by atoms with Crippen LogP contribution < -0.4 is 11.5 Å². The molecule has 3 rings (SSSR count). The number of anilines is 2. The topological polar surface area (TPSA) is 95.6 Å². The smallest absolute Gasteiger partial charge is 0.224 e. The van der Waals surface area contributed by atoms with E-state index in [2.05, 4.69) is 15.0 Å². The molecule has 0 saturated heterocycles. The average molecular weight is 289 g/mol. The highest BCUT2D eigenvalue weighted by atomic mass is 35.5. The Balaban J connectivity index is 2.34. The van der Waals surface area contributed by atoms with Crippen LogP contribution in [0.4, 0.5) is 11.8 Å². The summed E-state index contributed by atoms with van der Waals surface area (Å²) in [7, 11) is 0. The van der Waals surface area contributed by atoms with Crippen molar-refractivity contribution in [3.8, 4) is 11.4 Å². The normalized spacial score (nSPS) is 11.1. The van der Waals surface area contributed by atoms with E-state index >= 15 is 0 Å². The van der Waals surface area contributed by atoms with Crippen LogP contribution in [0.15, 0.2) is 24.3 Å². The molecule has 0 radical (unpaired) electrons. The van der Waals surface area contributed by atoms with Crippen molar-refractivity contribution < 1.29 is 0 Å². The van der Waals surface area contributed by atoms with Gasteiger partial charge in [0.1, 0.15) is 5.82 Å². The van der Waals surface area contributed by atoms with E-state index in [1.165, 1.54) is 0 Å². The third-order valence-corrected chi connectivity index (χ3v) is 3.27. The van der Waals surface area contributed by atoms with Crippen LogP contribution in [-0.2, 0) is 6.54 Å². The standard InChI is InChI=1S/C13H13ClN6/c1-2-20-11(7-4-3-5-8(14)6-7)17-9-10(15)18-13(16)19-12(9)20/h3-6H,2H2,1H3,(H4,15,16,18,19). The van der Waals surface area contributed by atoms with Crippen LogP contribution in [0.1, 0.15) is 6.92 Å². The number of aryl methyl sites for hydroxylation is 1. The molecule has 4 N–H and O–H groups in total. The van der Waals surface area contributed by atoms with E-state index in [0.29, 0.717) is 22.7 Å². The van der Waals surface area contributed by atoms with Crippen LogP contribution >= 0.6 is 11.6 Å². The first kappa shape index (κ1) is 12.7. The van der Waals surface area contributed by atoms with Crippen molar-refractivity contribution in [2.75, 3.05) is 11.5 Å². The second-order valence-corrected chi connectivity index (χ2v) is 4.77. The van der Waals surface area contributed by atoms with Gasteiger partial charge in [-0.15, -0.1) is 0 Å². The minimum absolute atomic E-state index is 0.141. The molecule has 1 aromatic carbocycles. The Kier molecular flexibility index (Phi) is 2.94. The zero-order chi connectivity index (χ0) is 14.3. The van der Waals surface area contributed by atoms with Crippen molar-refractivity contribution in [1.29, 1.82) is 0 Å². The Morgan fingerprint density at radius 1 is 1.20 bits per heavy atom. The summed E-state index contributed by atoms with van der Waals surface area (Å²) in [6.07, 6.45) is 0. The summed E-state index contributed by atoms with van der Waals surface area (Å²) in [6, 6.07) is 7.48. The average Bonchev–Trinajstić information content (AvgIpc) is 2.77. The monoisotopic (exact) mass is 288 g/mol. The quantitative estimate of drug-likeness (QED) is 0.754. The zero-order valence-corrected chi connectivity index (χ0v) is 11.6. The maximum absolute atomic E-state index is 6.04. The molecule has 7 heteroatoms. The predicted molar refractivity (Wildman–Crippen MR) is 80.3 cm³/mol. The van der Waals surface area contributed by atoms with Crippen molar-refractivity contribution in [1.82, 2.24) is 19.5 Å². The van der Waals surface area contributed by atoms with Gasteiger partial charge in [-0.2, -0.15) is 9.97 Å². The number of aromatic nitrogens is 4. The number of rotatable bonds is 2. The number of hydrogen-bond acceptors (Lipinski definition) is 5. The Bertz CT molecular complexity index is 795. The number of imidazole rings is 1. The lowest BCUT2D eigenvalue weighted by Crippen LogP contribution is -2.03. The van der Waals surface area contributed by atoms with E-state index < -0.39 is 0 Å². The fraction of sp³-hybridized carbons (Fsp3) is 0.154. The van der Waals surface area contributed by atoms with Crippen molar-refractivity contribution >= 4 is 34.5 Å². The van der Waals surface area contributed by atoms with Gasteiger partial charge in [-0.05, 0) is 19.1 Å². The SMILES string of the molecule is CCn1c(-c2cccc(Cl)c2)nc2c(N)nc(N)nc21. The first-order valence-corrected chi connectivity index (χ1v) is 6.53. The van der Waals surface area contributed by atoms with Gasteiger partial charge in [0.05, 0.1) is 0 Å². The Hall–Kier alpha value is -2.34. The van der Waals surface area contributed by atoms with E-state index in [-0.39, 0.29) is 11.8 Å². The second kappa shape index (κ2) is 4.64. The van der Waals surface area contributed by atoms with E-state index in [1.807, 2.05) is 35.8 Å². The van der Waals surface area contributed by atoms with E-state index in [9.17, 15) is 0 Å². The number of benzene rings is 1. The molecule has 0 unspecified atom stereocenters. The Labute approximate surface area is 120 Å². The number of nitrogens with two attached hydrogens (primary N) is 2. The predicted octanol–water partition coefficient (Wildman–Crippen LogP) is 2.33. The van der Waals surface area contributed by atoms with Crippen LogP contribution in [0.3, 0.4) is 0 Å². The lowest BCUT2D eigenvalue weighted by molar-refractivity contribution is 0.787. The second-order valence-electron chi connectivity index (χ2n) is 4.33. The van der Waals surface area contributed by atoms with E-state index in [0.717, 1.165) is 11.4 Å². The molecule has 102 valence electrons. The van der Waals surface area contributed by atoms with Gasteiger partial charge < -0.3 is 16.0 Å². The lowest BCUT2D eigenvalue weighted by atomic mass is 10.2. The molecule has 6 nitrogen and oxygen atoms in total. The largest absolute Gasteiger partial charge is 0.382 e. The maximum atomic E-state index is 6.04. The molecule has 0 spiro atoms. The van der Waals surface area contributed by atoms with Gasteiger partial charge in [-0.25, -0.2) is 4.98 Å². The fourth-order valence-corrected chi connectivity index (χ4v) is 2.38. The minimum atomic E-state index is 0.141. The molecule has 2 heterocycles. The van der Waals surface area contributed by atoms with Crippen LogP contribution in [0.2, 0.25) is 5.02 Å². The molecule has 0 fully saturated rings. The summed E-state index contributed by atoms with van der Waals surface area (Å²) < 4.78 is 1.94. The van der Waals surface area contributed by atoms with Gasteiger partial charge in [0.25, 0.3) is 0 Å².